The van der Waals surface area contributed by atoms with Crippen LogP contribution >= 0.6 is 15.9 Å². The number of halogens is 1. The Kier molecular flexibility index (Phi) is 3.96. The maximum absolute atomic E-state index is 6.05. The molecule has 0 amide bonds. The Morgan fingerprint density at radius 3 is 2.65 bits per heavy atom. The molecule has 106 valence electrons. The molecule has 4 heteroatoms. The Morgan fingerprint density at radius 1 is 1.15 bits per heavy atom. The van der Waals surface area contributed by atoms with Crippen molar-refractivity contribution in [3.8, 4) is 5.75 Å². The summed E-state index contributed by atoms with van der Waals surface area (Å²) in [6.07, 6.45) is 1.24. The third-order valence-corrected chi connectivity index (χ3v) is 4.45. The molecule has 3 rings (SSSR count). The molecule has 0 saturated heterocycles. The van der Waals surface area contributed by atoms with Gasteiger partial charge < -0.3 is 14.8 Å². The molecule has 20 heavy (non-hydrogen) atoms. The summed E-state index contributed by atoms with van der Waals surface area (Å²) in [7, 11) is 3.70. The van der Waals surface area contributed by atoms with E-state index in [1.807, 2.05) is 19.2 Å². The molecule has 1 aliphatic carbocycles. The van der Waals surface area contributed by atoms with Crippen LogP contribution in [0.15, 0.2) is 40.9 Å². The average molecular weight is 336 g/mol. The second kappa shape index (κ2) is 5.72. The Balaban J connectivity index is 1.77. The fraction of sp³-hybridized carbons (Fsp3) is 0.375. The fourth-order valence-electron chi connectivity index (χ4n) is 2.74. The van der Waals surface area contributed by atoms with Crippen LogP contribution in [0.1, 0.15) is 6.42 Å². The van der Waals surface area contributed by atoms with E-state index in [0.29, 0.717) is 6.04 Å². The second-order valence-electron chi connectivity index (χ2n) is 5.14. The molecule has 3 unspecified atom stereocenters. The van der Waals surface area contributed by atoms with Crippen LogP contribution < -0.4 is 10.1 Å². The van der Waals surface area contributed by atoms with Gasteiger partial charge in [-0.2, -0.15) is 0 Å². The van der Waals surface area contributed by atoms with E-state index < -0.39 is 0 Å². The third kappa shape index (κ3) is 2.55. The van der Waals surface area contributed by atoms with Gasteiger partial charge in [0, 0.05) is 24.0 Å². The van der Waals surface area contributed by atoms with Crippen LogP contribution in [0.4, 0.5) is 0 Å². The number of nitrogens with one attached hydrogen (secondary N) is 1. The average Bonchev–Trinajstić information content (AvgIpc) is 2.43. The van der Waals surface area contributed by atoms with Gasteiger partial charge in [-0.1, -0.05) is 28.1 Å². The first-order valence-electron chi connectivity index (χ1n) is 6.77. The lowest BCUT2D eigenvalue weighted by Crippen LogP contribution is -2.60. The van der Waals surface area contributed by atoms with Gasteiger partial charge in [-0.05, 0) is 42.1 Å². The van der Waals surface area contributed by atoms with Gasteiger partial charge in [0.05, 0.1) is 0 Å². The van der Waals surface area contributed by atoms with Gasteiger partial charge in [0.15, 0.2) is 0 Å². The zero-order valence-electron chi connectivity index (χ0n) is 11.6. The van der Waals surface area contributed by atoms with Crippen molar-refractivity contribution in [1.29, 1.82) is 0 Å². The quantitative estimate of drug-likeness (QED) is 0.929. The molecule has 1 fully saturated rings. The minimum absolute atomic E-state index is 0.126. The topological polar surface area (TPSA) is 30.5 Å². The largest absolute Gasteiger partial charge is 0.488 e. The summed E-state index contributed by atoms with van der Waals surface area (Å²) in [6, 6.07) is 12.8. The van der Waals surface area contributed by atoms with Crippen molar-refractivity contribution in [2.45, 2.75) is 24.7 Å². The van der Waals surface area contributed by atoms with E-state index in [9.17, 15) is 0 Å². The van der Waals surface area contributed by atoms with Crippen LogP contribution in [0, 0.1) is 0 Å². The molecule has 2 aromatic rings. The summed E-state index contributed by atoms with van der Waals surface area (Å²) in [6.45, 7) is 0. The summed E-state index contributed by atoms with van der Waals surface area (Å²) >= 11 is 3.49. The van der Waals surface area contributed by atoms with Gasteiger partial charge in [-0.15, -0.1) is 0 Å². The third-order valence-electron chi connectivity index (χ3n) is 3.95. The monoisotopic (exact) mass is 335 g/mol. The minimum Gasteiger partial charge on any atom is -0.488 e. The van der Waals surface area contributed by atoms with Crippen LogP contribution in [-0.4, -0.2) is 32.4 Å². The number of fused-ring (bicyclic) bond motifs is 1. The van der Waals surface area contributed by atoms with E-state index in [1.165, 1.54) is 10.8 Å². The zero-order chi connectivity index (χ0) is 14.1. The highest BCUT2D eigenvalue weighted by molar-refractivity contribution is 9.10. The molecule has 3 atom stereocenters. The molecule has 0 aromatic heterocycles. The van der Waals surface area contributed by atoms with E-state index >= 15 is 0 Å². The number of hydrogen-bond donors (Lipinski definition) is 1. The predicted molar refractivity (Wildman–Crippen MR) is 84.3 cm³/mol. The molecule has 2 aromatic carbocycles. The SMILES string of the molecule is CNC1CC(Oc2ccc3cc(Br)ccc3c2)C1OC. The number of benzene rings is 2. The Labute approximate surface area is 127 Å². The van der Waals surface area contributed by atoms with E-state index in [-0.39, 0.29) is 12.2 Å². The summed E-state index contributed by atoms with van der Waals surface area (Å²) < 4.78 is 12.6. The maximum atomic E-state index is 6.05. The molecule has 1 N–H and O–H groups in total. The lowest BCUT2D eigenvalue weighted by atomic mass is 9.85. The number of likely N-dealkylation sites (N-methyl/N-ethyl adjacent to an activating group) is 1. The maximum Gasteiger partial charge on any atom is 0.128 e. The van der Waals surface area contributed by atoms with Crippen LogP contribution in [-0.2, 0) is 4.74 Å². The van der Waals surface area contributed by atoms with Crippen LogP contribution in [0.25, 0.3) is 10.8 Å². The lowest BCUT2D eigenvalue weighted by Gasteiger charge is -2.43. The molecule has 3 nitrogen and oxygen atoms in total. The first-order chi connectivity index (χ1) is 9.71. The lowest BCUT2D eigenvalue weighted by molar-refractivity contribution is -0.0869. The molecule has 0 spiro atoms. The number of rotatable bonds is 4. The molecule has 0 radical (unpaired) electrons. The van der Waals surface area contributed by atoms with E-state index in [0.717, 1.165) is 16.6 Å². The second-order valence-corrected chi connectivity index (χ2v) is 6.06. The highest BCUT2D eigenvalue weighted by Crippen LogP contribution is 2.30. The zero-order valence-corrected chi connectivity index (χ0v) is 13.2. The van der Waals surface area contributed by atoms with E-state index in [4.69, 9.17) is 9.47 Å². The van der Waals surface area contributed by atoms with Gasteiger partial charge >= 0.3 is 0 Å². The molecular formula is C16H18BrNO2. The standard InChI is InChI=1S/C16H18BrNO2/c1-18-14-9-15(16(14)19-2)20-13-6-4-10-7-12(17)5-3-11(10)8-13/h3-8,14-16,18H,9H2,1-2H3. The minimum atomic E-state index is 0.126. The van der Waals surface area contributed by atoms with E-state index in [1.54, 1.807) is 7.11 Å². The van der Waals surface area contributed by atoms with Gasteiger partial charge in [0.25, 0.3) is 0 Å². The fourth-order valence-corrected chi connectivity index (χ4v) is 3.12. The summed E-state index contributed by atoms with van der Waals surface area (Å²) in [5.41, 5.74) is 0. The number of hydrogen-bond acceptors (Lipinski definition) is 3. The van der Waals surface area contributed by atoms with E-state index in [2.05, 4.69) is 45.5 Å². The van der Waals surface area contributed by atoms with Crippen molar-refractivity contribution >= 4 is 26.7 Å². The van der Waals surface area contributed by atoms with Gasteiger partial charge in [0.1, 0.15) is 18.0 Å². The summed E-state index contributed by atoms with van der Waals surface area (Å²) in [5.74, 6) is 0.904. The van der Waals surface area contributed by atoms with Crippen molar-refractivity contribution in [3.05, 3.63) is 40.9 Å². The first-order valence-corrected chi connectivity index (χ1v) is 7.56. The van der Waals surface area contributed by atoms with Crippen molar-refractivity contribution in [1.82, 2.24) is 5.32 Å². The normalized spacial score (nSPS) is 25.4. The molecule has 0 aliphatic heterocycles. The summed E-state index contributed by atoms with van der Waals surface area (Å²) in [5, 5.41) is 5.63. The van der Waals surface area contributed by atoms with Gasteiger partial charge in [0.2, 0.25) is 0 Å². The van der Waals surface area contributed by atoms with Crippen molar-refractivity contribution in [3.63, 3.8) is 0 Å². The highest BCUT2D eigenvalue weighted by Gasteiger charge is 2.42. The smallest absolute Gasteiger partial charge is 0.128 e. The predicted octanol–water partition coefficient (Wildman–Crippen LogP) is 3.36. The van der Waals surface area contributed by atoms with Gasteiger partial charge in [-0.25, -0.2) is 0 Å². The van der Waals surface area contributed by atoms with Crippen molar-refractivity contribution < 1.29 is 9.47 Å². The molecule has 1 saturated carbocycles. The molecule has 0 bridgehead atoms. The molecular weight excluding hydrogens is 318 g/mol. The van der Waals surface area contributed by atoms with Gasteiger partial charge in [-0.3, -0.25) is 0 Å². The van der Waals surface area contributed by atoms with Crippen LogP contribution in [0.5, 0.6) is 5.75 Å². The Hall–Kier alpha value is -1.10. The van der Waals surface area contributed by atoms with Crippen LogP contribution in [0.2, 0.25) is 0 Å². The van der Waals surface area contributed by atoms with Crippen LogP contribution in [0.3, 0.4) is 0 Å². The Bertz CT molecular complexity index is 616. The Morgan fingerprint density at radius 2 is 1.90 bits per heavy atom. The number of methoxy groups -OCH3 is 1. The first kappa shape index (κ1) is 13.9. The van der Waals surface area contributed by atoms with Crippen molar-refractivity contribution in [2.24, 2.45) is 0 Å². The highest BCUT2D eigenvalue weighted by atomic mass is 79.9. The van der Waals surface area contributed by atoms with Crippen molar-refractivity contribution in [2.75, 3.05) is 14.2 Å². The molecule has 0 heterocycles. The number of ether oxygens (including phenoxy) is 2. The molecule has 1 aliphatic rings. The summed E-state index contributed by atoms with van der Waals surface area (Å²) in [4.78, 5) is 0.